The first-order valence-corrected chi connectivity index (χ1v) is 6.56. The topological polar surface area (TPSA) is 110 Å². The van der Waals surface area contributed by atoms with Gasteiger partial charge in [0.15, 0.2) is 0 Å². The highest BCUT2D eigenvalue weighted by atomic mass is 16.6. The van der Waals surface area contributed by atoms with Crippen molar-refractivity contribution in [3.63, 3.8) is 0 Å². The van der Waals surface area contributed by atoms with E-state index >= 15 is 0 Å². The van der Waals surface area contributed by atoms with E-state index < -0.39 is 4.92 Å². The third-order valence-corrected chi connectivity index (χ3v) is 3.62. The summed E-state index contributed by atoms with van der Waals surface area (Å²) in [5.74, 6) is 6.17. The highest BCUT2D eigenvalue weighted by Crippen LogP contribution is 2.36. The Labute approximate surface area is 116 Å². The van der Waals surface area contributed by atoms with Gasteiger partial charge < -0.3 is 10.7 Å². The van der Waals surface area contributed by atoms with E-state index in [4.69, 9.17) is 5.84 Å². The largest absolute Gasteiger partial charge is 0.352 e. The molecule has 0 aliphatic heterocycles. The summed E-state index contributed by atoms with van der Waals surface area (Å²) in [5, 5.41) is 13.6. The minimum absolute atomic E-state index is 0.123. The number of anilines is 1. The third-order valence-electron chi connectivity index (χ3n) is 3.62. The smallest absolute Gasteiger partial charge is 0.293 e. The second-order valence-corrected chi connectivity index (χ2v) is 5.16. The van der Waals surface area contributed by atoms with Crippen LogP contribution in [0.5, 0.6) is 0 Å². The van der Waals surface area contributed by atoms with Crippen LogP contribution in [0.4, 0.5) is 11.4 Å². The SMILES string of the molecule is CC(CNC(=O)c1ccc([N+](=O)[O-])c(NN)c1)C1CC1. The zero-order valence-corrected chi connectivity index (χ0v) is 11.3. The van der Waals surface area contributed by atoms with E-state index in [-0.39, 0.29) is 17.3 Å². The van der Waals surface area contributed by atoms with Gasteiger partial charge in [-0.15, -0.1) is 0 Å². The van der Waals surface area contributed by atoms with E-state index in [1.165, 1.54) is 31.0 Å². The van der Waals surface area contributed by atoms with Crippen LogP contribution in [0.2, 0.25) is 0 Å². The maximum atomic E-state index is 12.0. The predicted molar refractivity (Wildman–Crippen MR) is 75.1 cm³/mol. The molecule has 2 rings (SSSR count). The van der Waals surface area contributed by atoms with Crippen molar-refractivity contribution in [3.05, 3.63) is 33.9 Å². The molecule has 1 aromatic rings. The summed E-state index contributed by atoms with van der Waals surface area (Å²) < 4.78 is 0. The van der Waals surface area contributed by atoms with Crippen LogP contribution < -0.4 is 16.6 Å². The number of nitrogens with zero attached hydrogens (tertiary/aromatic N) is 1. The number of hydrazine groups is 1. The summed E-state index contributed by atoms with van der Waals surface area (Å²) in [5.41, 5.74) is 2.56. The monoisotopic (exact) mass is 278 g/mol. The Balaban J connectivity index is 2.03. The Morgan fingerprint density at radius 1 is 1.55 bits per heavy atom. The standard InChI is InChI=1S/C13H18N4O3/c1-8(9-2-3-9)7-15-13(18)10-4-5-12(17(19)20)11(6-10)16-14/h4-6,8-9,16H,2-3,7,14H2,1H3,(H,15,18). The average molecular weight is 278 g/mol. The molecule has 0 saturated heterocycles. The minimum atomic E-state index is -0.550. The Kier molecular flexibility index (Phi) is 4.19. The molecule has 1 aromatic carbocycles. The molecule has 1 amide bonds. The first kappa shape index (κ1) is 14.3. The van der Waals surface area contributed by atoms with Gasteiger partial charge in [-0.3, -0.25) is 20.8 Å². The predicted octanol–water partition coefficient (Wildman–Crippen LogP) is 1.66. The van der Waals surface area contributed by atoms with Crippen molar-refractivity contribution >= 4 is 17.3 Å². The lowest BCUT2D eigenvalue weighted by Crippen LogP contribution is -2.29. The number of nitro groups is 1. The van der Waals surface area contributed by atoms with Crippen molar-refractivity contribution in [3.8, 4) is 0 Å². The normalized spacial score (nSPS) is 15.5. The molecule has 7 heteroatoms. The Hall–Kier alpha value is -2.15. The van der Waals surface area contributed by atoms with Crippen LogP contribution in [0, 0.1) is 22.0 Å². The third kappa shape index (κ3) is 3.24. The average Bonchev–Trinajstić information content (AvgIpc) is 3.28. The van der Waals surface area contributed by atoms with E-state index in [1.54, 1.807) is 0 Å². The van der Waals surface area contributed by atoms with Crippen LogP contribution in [-0.2, 0) is 0 Å². The van der Waals surface area contributed by atoms with Crippen molar-refractivity contribution < 1.29 is 9.72 Å². The van der Waals surface area contributed by atoms with Gasteiger partial charge in [0.05, 0.1) is 4.92 Å². The number of benzene rings is 1. The summed E-state index contributed by atoms with van der Waals surface area (Å²) in [6.07, 6.45) is 2.46. The number of rotatable bonds is 6. The Morgan fingerprint density at radius 3 is 2.80 bits per heavy atom. The van der Waals surface area contributed by atoms with Crippen LogP contribution >= 0.6 is 0 Å². The summed E-state index contributed by atoms with van der Waals surface area (Å²) in [4.78, 5) is 22.2. The highest BCUT2D eigenvalue weighted by molar-refractivity contribution is 5.95. The van der Waals surface area contributed by atoms with E-state index in [2.05, 4.69) is 17.7 Å². The van der Waals surface area contributed by atoms with Crippen molar-refractivity contribution in [1.29, 1.82) is 0 Å². The fourth-order valence-electron chi connectivity index (χ4n) is 2.14. The maximum absolute atomic E-state index is 12.0. The molecule has 0 bridgehead atoms. The zero-order chi connectivity index (χ0) is 14.7. The summed E-state index contributed by atoms with van der Waals surface area (Å²) in [7, 11) is 0. The van der Waals surface area contributed by atoms with Crippen molar-refractivity contribution in [2.75, 3.05) is 12.0 Å². The maximum Gasteiger partial charge on any atom is 0.293 e. The number of nitro benzene ring substituents is 1. The molecule has 1 fully saturated rings. The van der Waals surface area contributed by atoms with Gasteiger partial charge in [-0.25, -0.2) is 0 Å². The first-order chi connectivity index (χ1) is 9.52. The summed E-state index contributed by atoms with van der Waals surface area (Å²) in [6, 6.07) is 4.08. The molecule has 4 N–H and O–H groups in total. The molecule has 108 valence electrons. The second kappa shape index (κ2) is 5.87. The van der Waals surface area contributed by atoms with E-state index in [0.29, 0.717) is 23.9 Å². The van der Waals surface area contributed by atoms with Crippen molar-refractivity contribution in [1.82, 2.24) is 5.32 Å². The molecular weight excluding hydrogens is 260 g/mol. The fraction of sp³-hybridized carbons (Fsp3) is 0.462. The van der Waals surface area contributed by atoms with Gasteiger partial charge in [-0.05, 0) is 36.8 Å². The number of hydrogen-bond donors (Lipinski definition) is 3. The molecule has 20 heavy (non-hydrogen) atoms. The number of carbonyl (C=O) groups is 1. The van der Waals surface area contributed by atoms with Crippen molar-refractivity contribution in [2.24, 2.45) is 17.7 Å². The fourth-order valence-corrected chi connectivity index (χ4v) is 2.14. The minimum Gasteiger partial charge on any atom is -0.352 e. The van der Waals surface area contributed by atoms with Gasteiger partial charge in [0, 0.05) is 18.2 Å². The Bertz CT molecular complexity index is 528. The van der Waals surface area contributed by atoms with Gasteiger partial charge in [-0.1, -0.05) is 6.92 Å². The second-order valence-electron chi connectivity index (χ2n) is 5.16. The first-order valence-electron chi connectivity index (χ1n) is 6.56. The molecule has 0 heterocycles. The molecule has 1 atom stereocenters. The quantitative estimate of drug-likeness (QED) is 0.416. The molecule has 0 spiro atoms. The van der Waals surface area contributed by atoms with Crippen molar-refractivity contribution in [2.45, 2.75) is 19.8 Å². The van der Waals surface area contributed by atoms with Crippen LogP contribution in [0.3, 0.4) is 0 Å². The van der Waals surface area contributed by atoms with Gasteiger partial charge in [-0.2, -0.15) is 0 Å². The highest BCUT2D eigenvalue weighted by Gasteiger charge is 2.28. The number of carbonyl (C=O) groups excluding carboxylic acids is 1. The molecule has 1 unspecified atom stereocenters. The number of amides is 1. The molecule has 0 aromatic heterocycles. The van der Waals surface area contributed by atoms with Crippen LogP contribution in [0.15, 0.2) is 18.2 Å². The van der Waals surface area contributed by atoms with Crippen LogP contribution in [-0.4, -0.2) is 17.4 Å². The van der Waals surface area contributed by atoms with Gasteiger partial charge in [0.25, 0.3) is 11.6 Å². The lowest BCUT2D eigenvalue weighted by Gasteiger charge is -2.12. The molecule has 1 aliphatic carbocycles. The Morgan fingerprint density at radius 2 is 2.25 bits per heavy atom. The molecule has 7 nitrogen and oxygen atoms in total. The van der Waals surface area contributed by atoms with Gasteiger partial charge in [0.1, 0.15) is 5.69 Å². The summed E-state index contributed by atoms with van der Waals surface area (Å²) in [6.45, 7) is 2.73. The van der Waals surface area contributed by atoms with Gasteiger partial charge in [0.2, 0.25) is 0 Å². The lowest BCUT2D eigenvalue weighted by molar-refractivity contribution is -0.384. The van der Waals surface area contributed by atoms with Crippen LogP contribution in [0.25, 0.3) is 0 Å². The number of nitrogen functional groups attached to an aromatic ring is 1. The van der Waals surface area contributed by atoms with E-state index in [0.717, 1.165) is 0 Å². The molecule has 0 radical (unpaired) electrons. The molecular formula is C13H18N4O3. The van der Waals surface area contributed by atoms with Gasteiger partial charge >= 0.3 is 0 Å². The van der Waals surface area contributed by atoms with Crippen LogP contribution in [0.1, 0.15) is 30.1 Å². The number of nitrogens with one attached hydrogen (secondary N) is 2. The zero-order valence-electron chi connectivity index (χ0n) is 11.3. The summed E-state index contributed by atoms with van der Waals surface area (Å²) >= 11 is 0. The number of hydrogen-bond acceptors (Lipinski definition) is 5. The van der Waals surface area contributed by atoms with E-state index in [1.807, 2.05) is 0 Å². The number of nitrogens with two attached hydrogens (primary N) is 1. The molecule has 1 saturated carbocycles. The lowest BCUT2D eigenvalue weighted by atomic mass is 10.1. The molecule has 1 aliphatic rings. The van der Waals surface area contributed by atoms with E-state index in [9.17, 15) is 14.9 Å².